The molecule has 0 unspecified atom stereocenters. The molecule has 0 amide bonds. The summed E-state index contributed by atoms with van der Waals surface area (Å²) >= 11 is 0. The van der Waals surface area contributed by atoms with Crippen LogP contribution in [-0.4, -0.2) is 32.9 Å². The van der Waals surface area contributed by atoms with Gasteiger partial charge in [0.1, 0.15) is 12.2 Å². The van der Waals surface area contributed by atoms with Crippen LogP contribution in [0.2, 0.25) is 0 Å². The lowest BCUT2D eigenvalue weighted by Crippen LogP contribution is -2.50. The Morgan fingerprint density at radius 2 is 2.50 bits per heavy atom. The molecule has 0 aromatic carbocycles. The highest BCUT2D eigenvalue weighted by atomic mass is 16.3. The first kappa shape index (κ1) is 7.70. The van der Waals surface area contributed by atoms with Crippen molar-refractivity contribution < 1.29 is 5.11 Å². The van der Waals surface area contributed by atoms with E-state index in [1.807, 2.05) is 0 Å². The Labute approximate surface area is 70.0 Å². The molecular formula is C7H12N4O. The zero-order chi connectivity index (χ0) is 8.60. The van der Waals surface area contributed by atoms with E-state index in [9.17, 15) is 5.11 Å². The quantitative estimate of drug-likeness (QED) is 0.537. The summed E-state index contributed by atoms with van der Waals surface area (Å²) in [4.78, 5) is 4.06. The number of hydrogen-bond donors (Lipinski definition) is 3. The molecule has 12 heavy (non-hydrogen) atoms. The van der Waals surface area contributed by atoms with Crippen LogP contribution in [0.5, 0.6) is 0 Å². The maximum atomic E-state index is 9.20. The van der Waals surface area contributed by atoms with Gasteiger partial charge in [-0.25, -0.2) is 4.98 Å². The van der Waals surface area contributed by atoms with Crippen molar-refractivity contribution in [3.05, 3.63) is 12.2 Å². The normalized spacial score (nSPS) is 34.7. The first-order chi connectivity index (χ1) is 5.77. The Morgan fingerprint density at radius 1 is 1.75 bits per heavy atom. The van der Waals surface area contributed by atoms with E-state index in [2.05, 4.69) is 15.2 Å². The topological polar surface area (TPSA) is 87.8 Å². The summed E-state index contributed by atoms with van der Waals surface area (Å²) in [6.45, 7) is 0.513. The molecule has 1 aliphatic rings. The number of nitrogens with zero attached hydrogens (tertiary/aromatic N) is 2. The molecule has 0 aliphatic heterocycles. The minimum atomic E-state index is -0.223. The van der Waals surface area contributed by atoms with Gasteiger partial charge in [0.15, 0.2) is 0 Å². The minimum Gasteiger partial charge on any atom is -0.393 e. The van der Waals surface area contributed by atoms with Crippen molar-refractivity contribution in [1.29, 1.82) is 0 Å². The van der Waals surface area contributed by atoms with Crippen LogP contribution < -0.4 is 5.73 Å². The molecule has 1 aromatic rings. The van der Waals surface area contributed by atoms with Crippen LogP contribution in [0.25, 0.3) is 0 Å². The van der Waals surface area contributed by atoms with Crippen LogP contribution in [0, 0.1) is 0 Å². The fourth-order valence-electron chi connectivity index (χ4n) is 1.76. The van der Waals surface area contributed by atoms with Gasteiger partial charge < -0.3 is 10.8 Å². The van der Waals surface area contributed by atoms with Crippen LogP contribution in [0.4, 0.5) is 0 Å². The summed E-state index contributed by atoms with van der Waals surface area (Å²) in [5, 5.41) is 15.8. The fourth-order valence-corrected chi connectivity index (χ4v) is 1.76. The molecule has 4 N–H and O–H groups in total. The second-order valence-corrected chi connectivity index (χ2v) is 3.38. The molecule has 0 atom stereocenters. The summed E-state index contributed by atoms with van der Waals surface area (Å²) in [5.41, 5.74) is 5.48. The molecule has 1 aromatic heterocycles. The van der Waals surface area contributed by atoms with Crippen LogP contribution >= 0.6 is 0 Å². The van der Waals surface area contributed by atoms with E-state index >= 15 is 0 Å². The van der Waals surface area contributed by atoms with Crippen molar-refractivity contribution in [2.75, 3.05) is 6.54 Å². The molecule has 1 saturated carbocycles. The molecule has 1 fully saturated rings. The number of aliphatic hydroxyl groups excluding tert-OH is 1. The SMILES string of the molecule is NCC1(c2ncn[nH]2)CC(O)C1. The third kappa shape index (κ3) is 0.937. The van der Waals surface area contributed by atoms with Gasteiger partial charge in [0.05, 0.1) is 6.10 Å². The predicted octanol–water partition coefficient (Wildman–Crippen LogP) is -0.844. The Bertz CT molecular complexity index is 252. The van der Waals surface area contributed by atoms with Crippen LogP contribution in [0.1, 0.15) is 18.7 Å². The van der Waals surface area contributed by atoms with Gasteiger partial charge >= 0.3 is 0 Å². The smallest absolute Gasteiger partial charge is 0.137 e. The number of hydrogen-bond acceptors (Lipinski definition) is 4. The van der Waals surface area contributed by atoms with E-state index < -0.39 is 0 Å². The average molecular weight is 168 g/mol. The van der Waals surface area contributed by atoms with Gasteiger partial charge in [-0.2, -0.15) is 5.10 Å². The van der Waals surface area contributed by atoms with E-state index in [-0.39, 0.29) is 11.5 Å². The third-order valence-corrected chi connectivity index (χ3v) is 2.56. The standard InChI is InChI=1S/C7H12N4O/c8-3-7(1-5(12)2-7)6-9-4-10-11-6/h4-5,12H,1-3,8H2,(H,9,10,11). The molecular weight excluding hydrogens is 156 g/mol. The highest BCUT2D eigenvalue weighted by Gasteiger charge is 2.46. The number of nitrogens with two attached hydrogens (primary N) is 1. The summed E-state index contributed by atoms with van der Waals surface area (Å²) in [6.07, 6.45) is 2.63. The van der Waals surface area contributed by atoms with Crippen molar-refractivity contribution in [2.45, 2.75) is 24.4 Å². The largest absolute Gasteiger partial charge is 0.393 e. The molecule has 1 heterocycles. The van der Waals surface area contributed by atoms with Crippen molar-refractivity contribution in [3.8, 4) is 0 Å². The van der Waals surface area contributed by atoms with Crippen LogP contribution in [-0.2, 0) is 5.41 Å². The molecule has 0 saturated heterocycles. The van der Waals surface area contributed by atoms with Gasteiger partial charge in [-0.15, -0.1) is 0 Å². The van der Waals surface area contributed by atoms with Gasteiger partial charge in [0.2, 0.25) is 0 Å². The molecule has 66 valence electrons. The number of aromatic nitrogens is 3. The predicted molar refractivity (Wildman–Crippen MR) is 42.4 cm³/mol. The third-order valence-electron chi connectivity index (χ3n) is 2.56. The maximum absolute atomic E-state index is 9.20. The highest BCUT2D eigenvalue weighted by molar-refractivity contribution is 5.15. The molecule has 0 spiro atoms. The molecule has 5 nitrogen and oxygen atoms in total. The lowest BCUT2D eigenvalue weighted by molar-refractivity contribution is 0.0179. The summed E-state index contributed by atoms with van der Waals surface area (Å²) in [6, 6.07) is 0. The van der Waals surface area contributed by atoms with E-state index in [0.29, 0.717) is 19.4 Å². The van der Waals surface area contributed by atoms with Crippen LogP contribution in [0.3, 0.4) is 0 Å². The monoisotopic (exact) mass is 168 g/mol. The van der Waals surface area contributed by atoms with Gasteiger partial charge in [-0.05, 0) is 12.8 Å². The Morgan fingerprint density at radius 3 is 2.92 bits per heavy atom. The lowest BCUT2D eigenvalue weighted by atomic mass is 9.66. The van der Waals surface area contributed by atoms with Crippen molar-refractivity contribution in [1.82, 2.24) is 15.2 Å². The molecule has 2 rings (SSSR count). The van der Waals surface area contributed by atoms with Crippen molar-refractivity contribution >= 4 is 0 Å². The molecule has 0 bridgehead atoms. The molecule has 0 radical (unpaired) electrons. The van der Waals surface area contributed by atoms with E-state index in [1.165, 1.54) is 6.33 Å². The van der Waals surface area contributed by atoms with Crippen LogP contribution in [0.15, 0.2) is 6.33 Å². The zero-order valence-electron chi connectivity index (χ0n) is 6.70. The van der Waals surface area contributed by atoms with E-state index in [0.717, 1.165) is 5.82 Å². The number of nitrogens with one attached hydrogen (secondary N) is 1. The number of aromatic amines is 1. The first-order valence-corrected chi connectivity index (χ1v) is 4.01. The maximum Gasteiger partial charge on any atom is 0.137 e. The Hall–Kier alpha value is -0.940. The first-order valence-electron chi connectivity index (χ1n) is 4.01. The lowest BCUT2D eigenvalue weighted by Gasteiger charge is -2.42. The van der Waals surface area contributed by atoms with Gasteiger partial charge in [0.25, 0.3) is 0 Å². The number of aliphatic hydroxyl groups is 1. The molecule has 1 aliphatic carbocycles. The number of H-pyrrole nitrogens is 1. The second-order valence-electron chi connectivity index (χ2n) is 3.38. The fraction of sp³-hybridized carbons (Fsp3) is 0.714. The molecule has 5 heteroatoms. The van der Waals surface area contributed by atoms with Crippen molar-refractivity contribution in [3.63, 3.8) is 0 Å². The van der Waals surface area contributed by atoms with Crippen molar-refractivity contribution in [2.24, 2.45) is 5.73 Å². The van der Waals surface area contributed by atoms with Gasteiger partial charge in [-0.3, -0.25) is 5.10 Å². The zero-order valence-corrected chi connectivity index (χ0v) is 6.70. The van der Waals surface area contributed by atoms with E-state index in [1.54, 1.807) is 0 Å². The second kappa shape index (κ2) is 2.53. The summed E-state index contributed by atoms with van der Waals surface area (Å²) in [5.74, 6) is 0.801. The Balaban J connectivity index is 2.20. The average Bonchev–Trinajstić information content (AvgIpc) is 2.50. The summed E-state index contributed by atoms with van der Waals surface area (Å²) in [7, 11) is 0. The minimum absolute atomic E-state index is 0.143. The van der Waals surface area contributed by atoms with Gasteiger partial charge in [0, 0.05) is 12.0 Å². The number of rotatable bonds is 2. The Kier molecular flexibility index (Phi) is 1.62. The van der Waals surface area contributed by atoms with Gasteiger partial charge in [-0.1, -0.05) is 0 Å². The summed E-state index contributed by atoms with van der Waals surface area (Å²) < 4.78 is 0. The van der Waals surface area contributed by atoms with E-state index in [4.69, 9.17) is 5.73 Å². The highest BCUT2D eigenvalue weighted by Crippen LogP contribution is 2.40.